The largest absolute Gasteiger partial charge is 0.668 e. The predicted octanol–water partition coefficient (Wildman–Crippen LogP) is -2.16. The molecule has 0 atom stereocenters. The zero-order valence-electron chi connectivity index (χ0n) is 4.00. The first-order chi connectivity index (χ1) is 2.00. The van der Waals surface area contributed by atoms with Crippen LogP contribution in [0.3, 0.4) is 0 Å². The molecule has 0 bridgehead atoms. The van der Waals surface area contributed by atoms with Crippen LogP contribution in [0.4, 0.5) is 0 Å². The average Bonchev–Trinajstić information content (AvgIpc) is 0.722. The van der Waals surface area contributed by atoms with Crippen molar-refractivity contribution in [2.24, 2.45) is 0 Å². The summed E-state index contributed by atoms with van der Waals surface area (Å²) in [5, 5.41) is 0. The van der Waals surface area contributed by atoms with Crippen LogP contribution in [0.1, 0.15) is 0 Å². The number of rotatable bonds is 0. The average molecular weight is 177 g/mol. The van der Waals surface area contributed by atoms with Gasteiger partial charge in [0.25, 0.3) is 0 Å². The molecule has 0 aromatic carbocycles. The van der Waals surface area contributed by atoms with Gasteiger partial charge in [-0.25, -0.2) is 0 Å². The van der Waals surface area contributed by atoms with Gasteiger partial charge < -0.3 is 26.6 Å². The molecule has 0 radical (unpaired) electrons. The molecule has 0 spiro atoms. The van der Waals surface area contributed by atoms with Crippen LogP contribution in [0.2, 0.25) is 0 Å². The fourth-order valence-electron chi connectivity index (χ4n) is 0. The number of hydrogen-bond acceptors (Lipinski definition) is 4. The zero-order chi connectivity index (χ0) is 4.50. The Kier molecular flexibility index (Phi) is 10.8. The molecule has 0 unspecified atom stereocenters. The molecule has 7 heavy (non-hydrogen) atoms. The third-order valence-corrected chi connectivity index (χ3v) is 0. The van der Waals surface area contributed by atoms with Crippen molar-refractivity contribution >= 4 is 9.05 Å². The second kappa shape index (κ2) is 4.83. The Labute approximate surface area is 55.7 Å². The van der Waals surface area contributed by atoms with Crippen LogP contribution in [0, 0.1) is 7.43 Å². The van der Waals surface area contributed by atoms with Gasteiger partial charge in [0.1, 0.15) is 0 Å². The molecule has 4 N–H and O–H groups in total. The van der Waals surface area contributed by atoms with Crippen LogP contribution >= 0.6 is 0 Å². The molecule has 6 heteroatoms. The second-order valence-electron chi connectivity index (χ2n) is 0.600. The van der Waals surface area contributed by atoms with E-state index in [9.17, 15) is 0 Å². The molecule has 0 aliphatic rings. The maximum Gasteiger partial charge on any atom is 0.668 e. The van der Waals surface area contributed by atoms with Gasteiger partial charge >= 0.3 is 9.05 Å². The van der Waals surface area contributed by atoms with Crippen molar-refractivity contribution in [3.63, 3.8) is 0 Å². The van der Waals surface area contributed by atoms with Crippen LogP contribution in [0.5, 0.6) is 0 Å². The Morgan fingerprint density at radius 1 is 0.857 bits per heavy atom. The molecule has 0 amide bonds. The SMILES string of the molecule is O[Si](O)(O)O.[CH3-].[Zn]. The summed E-state index contributed by atoms with van der Waals surface area (Å²) in [5.74, 6) is 0. The van der Waals surface area contributed by atoms with E-state index in [0.29, 0.717) is 0 Å². The van der Waals surface area contributed by atoms with Crippen LogP contribution in [0.25, 0.3) is 0 Å². The molecule has 0 rings (SSSR count). The monoisotopic (exact) mass is 175 g/mol. The van der Waals surface area contributed by atoms with Crippen molar-refractivity contribution in [3.05, 3.63) is 7.43 Å². The summed E-state index contributed by atoms with van der Waals surface area (Å²) >= 11 is 0. The molecule has 0 fully saturated rings. The molecule has 0 heterocycles. The molecule has 0 saturated heterocycles. The van der Waals surface area contributed by atoms with E-state index >= 15 is 0 Å². The Hall–Kier alpha value is 0.680. The minimum Gasteiger partial charge on any atom is -0.368 e. The molecule has 0 aliphatic carbocycles. The first kappa shape index (κ1) is 15.6. The van der Waals surface area contributed by atoms with Gasteiger partial charge in [0.2, 0.25) is 0 Å². The minimum atomic E-state index is -4.61. The van der Waals surface area contributed by atoms with Gasteiger partial charge in [0.05, 0.1) is 0 Å². The summed E-state index contributed by atoms with van der Waals surface area (Å²) < 4.78 is 0. The smallest absolute Gasteiger partial charge is 0.368 e. The molecule has 4 nitrogen and oxygen atoms in total. The predicted molar refractivity (Wildman–Crippen MR) is 21.0 cm³/mol. The maximum atomic E-state index is 7.33. The fourth-order valence-corrected chi connectivity index (χ4v) is 0. The summed E-state index contributed by atoms with van der Waals surface area (Å²) in [7, 11) is -4.61. The van der Waals surface area contributed by atoms with Crippen molar-refractivity contribution in [1.82, 2.24) is 0 Å². The van der Waals surface area contributed by atoms with E-state index in [4.69, 9.17) is 19.2 Å². The zero-order valence-corrected chi connectivity index (χ0v) is 7.96. The van der Waals surface area contributed by atoms with Crippen molar-refractivity contribution in [1.29, 1.82) is 0 Å². The third kappa shape index (κ3) is 316. The minimum absolute atomic E-state index is 0. The van der Waals surface area contributed by atoms with E-state index < -0.39 is 9.05 Å². The Morgan fingerprint density at radius 2 is 0.857 bits per heavy atom. The Balaban J connectivity index is -0.0000000800. The summed E-state index contributed by atoms with van der Waals surface area (Å²) in [6, 6.07) is 0. The Morgan fingerprint density at radius 3 is 0.857 bits per heavy atom. The van der Waals surface area contributed by atoms with Gasteiger partial charge in [-0.15, -0.1) is 0 Å². The summed E-state index contributed by atoms with van der Waals surface area (Å²) in [4.78, 5) is 29.3. The first-order valence-electron chi connectivity index (χ1n) is 0.894. The van der Waals surface area contributed by atoms with Gasteiger partial charge in [-0.3, -0.25) is 0 Å². The quantitative estimate of drug-likeness (QED) is 0.250. The summed E-state index contributed by atoms with van der Waals surface area (Å²) in [6.07, 6.45) is 0. The maximum absolute atomic E-state index is 7.33. The molecule has 0 saturated carbocycles. The summed E-state index contributed by atoms with van der Waals surface area (Å²) in [5.41, 5.74) is 0. The van der Waals surface area contributed by atoms with Crippen LogP contribution in [-0.4, -0.2) is 28.2 Å². The van der Waals surface area contributed by atoms with Crippen LogP contribution < -0.4 is 0 Å². The van der Waals surface area contributed by atoms with Gasteiger partial charge in [-0.05, 0) is 0 Å². The van der Waals surface area contributed by atoms with Gasteiger partial charge in [0.15, 0.2) is 0 Å². The van der Waals surface area contributed by atoms with Crippen molar-refractivity contribution in [3.8, 4) is 0 Å². The molecule has 42 valence electrons. The molecular formula is CH7O4SiZn-. The van der Waals surface area contributed by atoms with E-state index in [1.54, 1.807) is 0 Å². The second-order valence-corrected chi connectivity index (χ2v) is 1.80. The number of hydrogen-bond donors (Lipinski definition) is 4. The third-order valence-electron chi connectivity index (χ3n) is 0. The molecular weight excluding hydrogens is 169 g/mol. The standard InChI is InChI=1S/CH3.H4O4Si.Zn/c;1-5(2,3)4;/h1H3;1-4H;/q-1;;. The molecule has 0 aliphatic heterocycles. The van der Waals surface area contributed by atoms with Crippen molar-refractivity contribution in [2.45, 2.75) is 0 Å². The van der Waals surface area contributed by atoms with Crippen molar-refractivity contribution < 1.29 is 38.7 Å². The van der Waals surface area contributed by atoms with Crippen LogP contribution in [0.15, 0.2) is 0 Å². The van der Waals surface area contributed by atoms with Crippen LogP contribution in [-0.2, 0) is 19.5 Å². The van der Waals surface area contributed by atoms with Gasteiger partial charge in [-0.1, -0.05) is 0 Å². The van der Waals surface area contributed by atoms with Crippen molar-refractivity contribution in [2.75, 3.05) is 0 Å². The van der Waals surface area contributed by atoms with E-state index in [1.165, 1.54) is 0 Å². The van der Waals surface area contributed by atoms with E-state index in [2.05, 4.69) is 0 Å². The first-order valence-corrected chi connectivity index (χ1v) is 2.68. The van der Waals surface area contributed by atoms with E-state index in [-0.39, 0.29) is 26.9 Å². The Bertz CT molecular complexity index is 27.2. The van der Waals surface area contributed by atoms with Gasteiger partial charge in [0, 0.05) is 19.5 Å². The molecule has 0 aromatic heterocycles. The topological polar surface area (TPSA) is 80.9 Å². The van der Waals surface area contributed by atoms with E-state index in [0.717, 1.165) is 0 Å². The normalized spacial score (nSPS) is 8.57. The van der Waals surface area contributed by atoms with E-state index in [1.807, 2.05) is 0 Å². The fraction of sp³-hybridized carbons (Fsp3) is 0. The molecule has 0 aromatic rings. The summed E-state index contributed by atoms with van der Waals surface area (Å²) in [6.45, 7) is 0. The van der Waals surface area contributed by atoms with Gasteiger partial charge in [-0.2, -0.15) is 0 Å².